The van der Waals surface area contributed by atoms with E-state index in [0.29, 0.717) is 38.5 Å². The zero-order valence-corrected chi connectivity index (χ0v) is 25.4. The van der Waals surface area contributed by atoms with Crippen LogP contribution in [0.25, 0.3) is 12.2 Å². The van der Waals surface area contributed by atoms with E-state index in [1.54, 1.807) is 41.3 Å². The first-order chi connectivity index (χ1) is 21.4. The number of imide groups is 1. The average molecular weight is 638 g/mol. The first kappa shape index (κ1) is 29.4. The van der Waals surface area contributed by atoms with Gasteiger partial charge >= 0.3 is 6.03 Å². The van der Waals surface area contributed by atoms with Gasteiger partial charge in [-0.05, 0) is 65.2 Å². The molecule has 1 unspecified atom stereocenters. The van der Waals surface area contributed by atoms with Gasteiger partial charge in [0.2, 0.25) is 0 Å². The molecule has 4 aromatic carbocycles. The molecule has 218 valence electrons. The Balaban J connectivity index is 1.16. The minimum absolute atomic E-state index is 0.136. The van der Waals surface area contributed by atoms with Crippen LogP contribution in [0, 0.1) is 0 Å². The van der Waals surface area contributed by atoms with Crippen LogP contribution in [0.2, 0.25) is 0 Å². The summed E-state index contributed by atoms with van der Waals surface area (Å²) in [5, 5.41) is 2.64. The molecular weight excluding hydrogens is 614 g/mol. The minimum atomic E-state index is -1.00. The number of para-hydroxylation sites is 1. The number of benzene rings is 4. The number of rotatable bonds is 7. The number of thiocarbonyl (C=S) groups is 1. The highest BCUT2D eigenvalue weighted by molar-refractivity contribution is 8.26. The summed E-state index contributed by atoms with van der Waals surface area (Å²) in [6.45, 7) is 0.419. The quantitative estimate of drug-likeness (QED) is 0.0974. The molecule has 6 rings (SSSR count). The summed E-state index contributed by atoms with van der Waals surface area (Å²) in [6, 6.07) is 32.3. The van der Waals surface area contributed by atoms with Crippen LogP contribution < -0.4 is 15.0 Å². The Morgan fingerprint density at radius 3 is 2.02 bits per heavy atom. The van der Waals surface area contributed by atoms with Gasteiger partial charge < -0.3 is 10.1 Å². The molecule has 4 amide bonds. The molecule has 10 heteroatoms. The molecule has 2 saturated heterocycles. The van der Waals surface area contributed by atoms with Crippen molar-refractivity contribution in [3.63, 3.8) is 0 Å². The van der Waals surface area contributed by atoms with Gasteiger partial charge in [0.15, 0.2) is 0 Å². The number of carbonyl (C=O) groups is 3. The number of amides is 4. The zero-order valence-electron chi connectivity index (χ0n) is 23.1. The number of hydrogen-bond acceptors (Lipinski definition) is 6. The lowest BCUT2D eigenvalue weighted by Crippen LogP contribution is -2.54. The number of thioether (sulfide) groups is 1. The monoisotopic (exact) mass is 637 g/mol. The summed E-state index contributed by atoms with van der Waals surface area (Å²) >= 11 is 13.1. The molecule has 7 nitrogen and oxygen atoms in total. The van der Waals surface area contributed by atoms with Crippen LogP contribution in [0.15, 0.2) is 120 Å². The Kier molecular flexibility index (Phi) is 8.60. The molecule has 2 heterocycles. The SMILES string of the molecule is O=C1C(=Cc2ccc(C=C3C(=O)N(c4ccc(Oc5ccccc5)cc4)C(=O)NC3Cl)cc2)SC(=S)N1Cc1ccccc1. The van der Waals surface area contributed by atoms with E-state index >= 15 is 0 Å². The lowest BCUT2D eigenvalue weighted by Gasteiger charge is -2.30. The van der Waals surface area contributed by atoms with Crippen LogP contribution in [0.4, 0.5) is 10.5 Å². The first-order valence-electron chi connectivity index (χ1n) is 13.6. The van der Waals surface area contributed by atoms with Crippen molar-refractivity contribution in [1.29, 1.82) is 0 Å². The predicted octanol–water partition coefficient (Wildman–Crippen LogP) is 7.59. The first-order valence-corrected chi connectivity index (χ1v) is 15.2. The fraction of sp³-hybridized carbons (Fsp3) is 0.0588. The number of anilines is 1. The van der Waals surface area contributed by atoms with Crippen LogP contribution in [-0.2, 0) is 16.1 Å². The van der Waals surface area contributed by atoms with E-state index < -0.39 is 17.4 Å². The molecule has 1 N–H and O–H groups in total. The van der Waals surface area contributed by atoms with Crippen LogP contribution in [0.5, 0.6) is 11.5 Å². The second-order valence-corrected chi connectivity index (χ2v) is 12.0. The minimum Gasteiger partial charge on any atom is -0.457 e. The second kappa shape index (κ2) is 12.9. The molecule has 1 atom stereocenters. The maximum absolute atomic E-state index is 13.5. The molecule has 4 aromatic rings. The van der Waals surface area contributed by atoms with Crippen molar-refractivity contribution in [3.8, 4) is 11.5 Å². The molecule has 2 fully saturated rings. The van der Waals surface area contributed by atoms with E-state index in [1.165, 1.54) is 11.8 Å². The molecular formula is C34H24ClN3O4S2. The molecule has 0 spiro atoms. The second-order valence-electron chi connectivity index (χ2n) is 9.88. The van der Waals surface area contributed by atoms with Crippen molar-refractivity contribution in [1.82, 2.24) is 10.2 Å². The summed E-state index contributed by atoms with van der Waals surface area (Å²) in [7, 11) is 0. The molecule has 0 aromatic heterocycles. The smallest absolute Gasteiger partial charge is 0.330 e. The Labute approximate surface area is 268 Å². The van der Waals surface area contributed by atoms with Gasteiger partial charge in [0.1, 0.15) is 21.3 Å². The van der Waals surface area contributed by atoms with E-state index in [9.17, 15) is 14.4 Å². The van der Waals surface area contributed by atoms with Crippen LogP contribution in [0.3, 0.4) is 0 Å². The normalized spacial score (nSPS) is 18.7. The fourth-order valence-electron chi connectivity index (χ4n) is 4.66. The molecule has 44 heavy (non-hydrogen) atoms. The molecule has 2 aliphatic rings. The Morgan fingerprint density at radius 2 is 1.36 bits per heavy atom. The molecule has 0 aliphatic carbocycles. The van der Waals surface area contributed by atoms with Crippen LogP contribution >= 0.6 is 35.6 Å². The lowest BCUT2D eigenvalue weighted by atomic mass is 10.1. The van der Waals surface area contributed by atoms with Crippen LogP contribution in [-0.4, -0.2) is 32.6 Å². The third-order valence-electron chi connectivity index (χ3n) is 6.86. The third-order valence-corrected chi connectivity index (χ3v) is 8.59. The number of hydrogen-bond donors (Lipinski definition) is 1. The lowest BCUT2D eigenvalue weighted by molar-refractivity contribution is -0.122. The van der Waals surface area contributed by atoms with Crippen molar-refractivity contribution >= 4 is 75.6 Å². The van der Waals surface area contributed by atoms with Crippen molar-refractivity contribution < 1.29 is 19.1 Å². The van der Waals surface area contributed by atoms with E-state index in [0.717, 1.165) is 16.0 Å². The predicted molar refractivity (Wildman–Crippen MR) is 178 cm³/mol. The Bertz CT molecular complexity index is 1790. The largest absolute Gasteiger partial charge is 0.457 e. The van der Waals surface area contributed by atoms with E-state index in [-0.39, 0.29) is 11.5 Å². The molecule has 0 radical (unpaired) electrons. The van der Waals surface area contributed by atoms with Gasteiger partial charge in [-0.25, -0.2) is 9.69 Å². The number of nitrogens with one attached hydrogen (secondary N) is 1. The van der Waals surface area contributed by atoms with Crippen molar-refractivity contribution in [2.24, 2.45) is 0 Å². The standard InChI is InChI=1S/C34H24ClN3O4S2/c35-30-28(31(39)38(33(41)36-30)25-15-17-27(18-16-25)42-26-9-5-2-6-10-26)19-22-11-13-23(14-12-22)20-29-32(40)37(34(43)44-29)21-24-7-3-1-4-8-24/h1-20,30H,21H2,(H,36,41). The van der Waals surface area contributed by atoms with E-state index in [4.69, 9.17) is 28.6 Å². The van der Waals surface area contributed by atoms with E-state index in [2.05, 4.69) is 5.32 Å². The maximum Gasteiger partial charge on any atom is 0.330 e. The summed E-state index contributed by atoms with van der Waals surface area (Å²) in [5.74, 6) is 0.570. The van der Waals surface area contributed by atoms with Gasteiger partial charge in [0.25, 0.3) is 11.8 Å². The fourth-order valence-corrected chi connectivity index (χ4v) is 6.16. The number of carbonyl (C=O) groups excluding carboxylic acids is 3. The highest BCUT2D eigenvalue weighted by atomic mass is 35.5. The van der Waals surface area contributed by atoms with Gasteiger partial charge in [0, 0.05) is 0 Å². The summed E-state index contributed by atoms with van der Waals surface area (Å²) in [5.41, 5.74) is 2.10. The molecule has 0 bridgehead atoms. The highest BCUT2D eigenvalue weighted by Crippen LogP contribution is 2.34. The molecule has 2 aliphatic heterocycles. The number of ether oxygens (including phenoxy) is 1. The van der Waals surface area contributed by atoms with Gasteiger partial charge in [0.05, 0.1) is 22.7 Å². The highest BCUT2D eigenvalue weighted by Gasteiger charge is 2.37. The van der Waals surface area contributed by atoms with Gasteiger partial charge in [-0.15, -0.1) is 0 Å². The molecule has 0 saturated carbocycles. The topological polar surface area (TPSA) is 78.9 Å². The summed E-state index contributed by atoms with van der Waals surface area (Å²) in [6.07, 6.45) is 3.44. The number of urea groups is 1. The number of halogens is 1. The van der Waals surface area contributed by atoms with Crippen molar-refractivity contribution in [2.45, 2.75) is 12.0 Å². The zero-order chi connectivity index (χ0) is 30.6. The van der Waals surface area contributed by atoms with Crippen molar-refractivity contribution in [2.75, 3.05) is 4.90 Å². The number of nitrogens with zero attached hydrogens (tertiary/aromatic N) is 2. The average Bonchev–Trinajstić information content (AvgIpc) is 3.29. The van der Waals surface area contributed by atoms with Gasteiger partial charge in [-0.1, -0.05) is 108 Å². The van der Waals surface area contributed by atoms with E-state index in [1.807, 2.05) is 84.9 Å². The summed E-state index contributed by atoms with van der Waals surface area (Å²) in [4.78, 5) is 42.5. The Morgan fingerprint density at radius 1 is 0.773 bits per heavy atom. The number of alkyl halides is 1. The van der Waals surface area contributed by atoms with Crippen molar-refractivity contribution in [3.05, 3.63) is 136 Å². The Hall–Kier alpha value is -4.70. The van der Waals surface area contributed by atoms with Gasteiger partial charge in [-0.2, -0.15) is 0 Å². The van der Waals surface area contributed by atoms with Gasteiger partial charge in [-0.3, -0.25) is 14.5 Å². The third kappa shape index (κ3) is 6.45. The maximum atomic E-state index is 13.5. The summed E-state index contributed by atoms with van der Waals surface area (Å²) < 4.78 is 6.33. The van der Waals surface area contributed by atoms with Crippen LogP contribution in [0.1, 0.15) is 16.7 Å².